The third-order valence-electron chi connectivity index (χ3n) is 1.50. The standard InChI is InChI=1S/C6H11ClO6/c7-13-4(2-9)6(12)5(11)3(10)1-8/h2-6,8,10-12H,1H2/t3-,4+,5+,6-/m1/s1. The van der Waals surface area contributed by atoms with Gasteiger partial charge in [-0.25, -0.2) is 0 Å². The highest BCUT2D eigenvalue weighted by molar-refractivity contribution is 6.08. The quantitative estimate of drug-likeness (QED) is 0.374. The van der Waals surface area contributed by atoms with Crippen LogP contribution in [0.3, 0.4) is 0 Å². The average molecular weight is 215 g/mol. The van der Waals surface area contributed by atoms with Crippen LogP contribution in [-0.4, -0.2) is 57.7 Å². The number of carbonyl (C=O) groups is 1. The topological polar surface area (TPSA) is 107 Å². The molecule has 4 N–H and O–H groups in total. The van der Waals surface area contributed by atoms with Crippen LogP contribution < -0.4 is 0 Å². The van der Waals surface area contributed by atoms with Crippen LogP contribution in [0.25, 0.3) is 0 Å². The van der Waals surface area contributed by atoms with E-state index in [1.165, 1.54) is 0 Å². The Morgan fingerprint density at radius 1 is 1.31 bits per heavy atom. The second-order valence-corrected chi connectivity index (χ2v) is 2.60. The molecular formula is C6H11ClO6. The van der Waals surface area contributed by atoms with Crippen molar-refractivity contribution in [2.75, 3.05) is 6.61 Å². The maximum atomic E-state index is 10.2. The zero-order valence-electron chi connectivity index (χ0n) is 6.58. The number of aliphatic hydroxyl groups excluding tert-OH is 4. The predicted molar refractivity (Wildman–Crippen MR) is 41.9 cm³/mol. The molecule has 0 saturated heterocycles. The molecule has 0 aromatic rings. The minimum absolute atomic E-state index is 0.172. The molecule has 0 aliphatic rings. The van der Waals surface area contributed by atoms with Gasteiger partial charge in [0.2, 0.25) is 0 Å². The van der Waals surface area contributed by atoms with Crippen molar-refractivity contribution in [2.45, 2.75) is 24.4 Å². The molecule has 0 amide bonds. The first kappa shape index (κ1) is 12.8. The summed E-state index contributed by atoms with van der Waals surface area (Å²) in [4.78, 5) is 10.2. The first-order valence-corrected chi connectivity index (χ1v) is 3.77. The monoisotopic (exact) mass is 214 g/mol. The normalized spacial score (nSPS) is 20.4. The van der Waals surface area contributed by atoms with Gasteiger partial charge in [-0.05, 0) is 0 Å². The van der Waals surface area contributed by atoms with Gasteiger partial charge in [-0.1, -0.05) is 0 Å². The third kappa shape index (κ3) is 3.55. The molecule has 0 aromatic carbocycles. The van der Waals surface area contributed by atoms with Gasteiger partial charge in [0.1, 0.15) is 18.3 Å². The van der Waals surface area contributed by atoms with Gasteiger partial charge in [-0.15, -0.1) is 0 Å². The van der Waals surface area contributed by atoms with Crippen molar-refractivity contribution in [3.8, 4) is 0 Å². The Kier molecular flexibility index (Phi) is 6.13. The molecule has 6 nitrogen and oxygen atoms in total. The summed E-state index contributed by atoms with van der Waals surface area (Å²) in [6, 6.07) is 0. The van der Waals surface area contributed by atoms with Gasteiger partial charge in [0.15, 0.2) is 12.4 Å². The van der Waals surface area contributed by atoms with Crippen molar-refractivity contribution in [1.29, 1.82) is 0 Å². The van der Waals surface area contributed by atoms with E-state index in [9.17, 15) is 4.79 Å². The summed E-state index contributed by atoms with van der Waals surface area (Å²) in [6.45, 7) is -0.744. The average Bonchev–Trinajstić information content (AvgIpc) is 2.17. The van der Waals surface area contributed by atoms with Crippen molar-refractivity contribution in [1.82, 2.24) is 0 Å². The Hall–Kier alpha value is -0.240. The molecule has 4 atom stereocenters. The molecule has 13 heavy (non-hydrogen) atoms. The fraction of sp³-hybridized carbons (Fsp3) is 0.833. The zero-order chi connectivity index (χ0) is 10.4. The molecular weight excluding hydrogens is 204 g/mol. The number of hydrogen-bond donors (Lipinski definition) is 4. The fourth-order valence-electron chi connectivity index (χ4n) is 0.684. The highest BCUT2D eigenvalue weighted by atomic mass is 35.5. The molecule has 0 bridgehead atoms. The van der Waals surface area contributed by atoms with E-state index in [4.69, 9.17) is 32.3 Å². The van der Waals surface area contributed by atoms with E-state index in [1.54, 1.807) is 0 Å². The summed E-state index contributed by atoms with van der Waals surface area (Å²) >= 11 is 4.81. The number of halogens is 1. The van der Waals surface area contributed by atoms with Crippen LogP contribution in [0.5, 0.6) is 0 Å². The minimum atomic E-state index is -1.70. The van der Waals surface area contributed by atoms with Crippen molar-refractivity contribution >= 4 is 18.2 Å². The highest BCUT2D eigenvalue weighted by Crippen LogP contribution is 2.07. The summed E-state index contributed by atoms with van der Waals surface area (Å²) in [6.07, 6.45) is -6.21. The molecule has 0 aliphatic heterocycles. The SMILES string of the molecule is O=C[C@H](OCl)[C@@H](O)[C@@H](O)[C@H](O)CO. The smallest absolute Gasteiger partial charge is 0.162 e. The van der Waals surface area contributed by atoms with E-state index in [1.807, 2.05) is 0 Å². The van der Waals surface area contributed by atoms with Crippen LogP contribution >= 0.6 is 11.9 Å². The molecule has 0 unspecified atom stereocenters. The Morgan fingerprint density at radius 2 is 1.85 bits per heavy atom. The van der Waals surface area contributed by atoms with E-state index >= 15 is 0 Å². The Balaban J connectivity index is 4.21. The third-order valence-corrected chi connectivity index (χ3v) is 1.71. The molecule has 0 aliphatic carbocycles. The van der Waals surface area contributed by atoms with E-state index in [2.05, 4.69) is 4.29 Å². The lowest BCUT2D eigenvalue weighted by atomic mass is 10.0. The van der Waals surface area contributed by atoms with E-state index in [-0.39, 0.29) is 6.29 Å². The van der Waals surface area contributed by atoms with Crippen molar-refractivity contribution < 1.29 is 29.5 Å². The summed E-state index contributed by atoms with van der Waals surface area (Å²) in [7, 11) is 0. The molecule has 0 saturated carbocycles. The maximum Gasteiger partial charge on any atom is 0.162 e. The first-order valence-electron chi connectivity index (χ1n) is 3.46. The molecule has 0 aromatic heterocycles. The van der Waals surface area contributed by atoms with Crippen LogP contribution in [0.4, 0.5) is 0 Å². The number of hydrogen-bond acceptors (Lipinski definition) is 6. The van der Waals surface area contributed by atoms with Gasteiger partial charge >= 0.3 is 0 Å². The maximum absolute atomic E-state index is 10.2. The summed E-state index contributed by atoms with van der Waals surface area (Å²) in [5.74, 6) is 0. The van der Waals surface area contributed by atoms with Crippen molar-refractivity contribution in [3.63, 3.8) is 0 Å². The predicted octanol–water partition coefficient (Wildman–Crippen LogP) is -2.20. The first-order chi connectivity index (χ1) is 6.08. The summed E-state index contributed by atoms with van der Waals surface area (Å²) < 4.78 is 3.98. The van der Waals surface area contributed by atoms with Crippen LogP contribution in [0.2, 0.25) is 0 Å². The minimum Gasteiger partial charge on any atom is -0.394 e. The van der Waals surface area contributed by atoms with Crippen molar-refractivity contribution in [3.05, 3.63) is 0 Å². The largest absolute Gasteiger partial charge is 0.394 e. The second kappa shape index (κ2) is 6.25. The summed E-state index contributed by atoms with van der Waals surface area (Å²) in [5.41, 5.74) is 0. The molecule has 7 heteroatoms. The molecule has 0 fully saturated rings. The molecule has 0 heterocycles. The van der Waals surface area contributed by atoms with E-state index in [0.717, 1.165) is 0 Å². The van der Waals surface area contributed by atoms with Crippen molar-refractivity contribution in [2.24, 2.45) is 0 Å². The van der Waals surface area contributed by atoms with Gasteiger partial charge < -0.3 is 25.2 Å². The van der Waals surface area contributed by atoms with Crippen LogP contribution in [0.1, 0.15) is 0 Å². The lowest BCUT2D eigenvalue weighted by Gasteiger charge is -2.23. The number of carbonyl (C=O) groups excluding carboxylic acids is 1. The highest BCUT2D eigenvalue weighted by Gasteiger charge is 2.31. The van der Waals surface area contributed by atoms with Gasteiger partial charge in [0.05, 0.1) is 18.5 Å². The van der Waals surface area contributed by atoms with Gasteiger partial charge in [-0.2, -0.15) is 0 Å². The number of aldehydes is 1. The molecule has 0 rings (SSSR count). The summed E-state index contributed by atoms with van der Waals surface area (Å²) in [5, 5.41) is 35.4. The Bertz CT molecular complexity index is 154. The number of aliphatic hydroxyl groups is 4. The Morgan fingerprint density at radius 3 is 2.15 bits per heavy atom. The van der Waals surface area contributed by atoms with E-state index < -0.39 is 31.0 Å². The zero-order valence-corrected chi connectivity index (χ0v) is 7.33. The fourth-order valence-corrected chi connectivity index (χ4v) is 0.832. The van der Waals surface area contributed by atoms with Crippen LogP contribution in [0, 0.1) is 0 Å². The van der Waals surface area contributed by atoms with Gasteiger partial charge in [0.25, 0.3) is 0 Å². The van der Waals surface area contributed by atoms with Gasteiger partial charge in [0, 0.05) is 0 Å². The lowest BCUT2D eigenvalue weighted by Crippen LogP contribution is -2.46. The molecule has 0 radical (unpaired) electrons. The van der Waals surface area contributed by atoms with Crippen LogP contribution in [-0.2, 0) is 9.08 Å². The van der Waals surface area contributed by atoms with Crippen LogP contribution in [0.15, 0.2) is 0 Å². The van der Waals surface area contributed by atoms with Gasteiger partial charge in [-0.3, -0.25) is 4.29 Å². The molecule has 0 spiro atoms. The number of rotatable bonds is 6. The Labute approximate surface area is 79.5 Å². The van der Waals surface area contributed by atoms with E-state index in [0.29, 0.717) is 0 Å². The lowest BCUT2D eigenvalue weighted by molar-refractivity contribution is -0.132. The molecule has 78 valence electrons. The second-order valence-electron chi connectivity index (χ2n) is 2.42.